The van der Waals surface area contributed by atoms with Gasteiger partial charge in [0, 0.05) is 17.5 Å². The lowest BCUT2D eigenvalue weighted by Crippen LogP contribution is -2.27. The van der Waals surface area contributed by atoms with Crippen molar-refractivity contribution in [2.45, 2.75) is 32.8 Å². The van der Waals surface area contributed by atoms with Gasteiger partial charge in [0.1, 0.15) is 0 Å². The number of ketones is 1. The molecule has 0 heterocycles. The quantitative estimate of drug-likeness (QED) is 0.338. The number of carbonyl (C=O) groups is 2. The molecule has 5 nitrogen and oxygen atoms in total. The van der Waals surface area contributed by atoms with Gasteiger partial charge in [0.05, 0.1) is 5.56 Å². The molecule has 0 aliphatic heterocycles. The summed E-state index contributed by atoms with van der Waals surface area (Å²) in [6, 6.07) is 15.2. The Labute approximate surface area is 152 Å². The first kappa shape index (κ1) is 19.6. The molecule has 2 aromatic carbocycles. The van der Waals surface area contributed by atoms with Gasteiger partial charge in [-0.3, -0.25) is 4.79 Å². The lowest BCUT2D eigenvalue weighted by atomic mass is 9.98. The van der Waals surface area contributed by atoms with Gasteiger partial charge in [-0.15, -0.1) is 0 Å². The number of rotatable bonds is 8. The number of benzene rings is 2. The third-order valence-corrected chi connectivity index (χ3v) is 3.70. The number of esters is 1. The highest BCUT2D eigenvalue weighted by atomic mass is 16.7. The van der Waals surface area contributed by atoms with Gasteiger partial charge >= 0.3 is 5.97 Å². The van der Waals surface area contributed by atoms with Crippen molar-refractivity contribution < 1.29 is 24.2 Å². The zero-order chi connectivity index (χ0) is 19.1. The molecule has 0 aliphatic rings. The number of hydrogen-bond donors (Lipinski definition) is 1. The second-order valence-electron chi connectivity index (χ2n) is 5.82. The summed E-state index contributed by atoms with van der Waals surface area (Å²) in [4.78, 5) is 25.3. The van der Waals surface area contributed by atoms with Crippen LogP contribution in [0.5, 0.6) is 0 Å². The molecule has 5 heteroatoms. The first-order valence-electron chi connectivity index (χ1n) is 8.32. The summed E-state index contributed by atoms with van der Waals surface area (Å²) in [7, 11) is 0. The highest BCUT2D eigenvalue weighted by molar-refractivity contribution is 6.14. The summed E-state index contributed by atoms with van der Waals surface area (Å²) in [6.45, 7) is 6.95. The van der Waals surface area contributed by atoms with Crippen LogP contribution in [0.2, 0.25) is 0 Å². The zero-order valence-corrected chi connectivity index (χ0v) is 14.8. The van der Waals surface area contributed by atoms with Crippen LogP contribution in [-0.4, -0.2) is 29.4 Å². The normalized spacial score (nSPS) is 12.9. The van der Waals surface area contributed by atoms with Crippen LogP contribution in [0, 0.1) is 0 Å². The van der Waals surface area contributed by atoms with Gasteiger partial charge in [-0.1, -0.05) is 62.0 Å². The van der Waals surface area contributed by atoms with Gasteiger partial charge in [-0.05, 0) is 18.6 Å². The smallest absolute Gasteiger partial charge is 0.341 e. The molecule has 0 radical (unpaired) electrons. The summed E-state index contributed by atoms with van der Waals surface area (Å²) < 4.78 is 10.6. The van der Waals surface area contributed by atoms with Crippen LogP contribution in [0.4, 0.5) is 0 Å². The number of aliphatic hydroxyl groups is 1. The van der Waals surface area contributed by atoms with Crippen molar-refractivity contribution in [1.82, 2.24) is 0 Å². The second-order valence-corrected chi connectivity index (χ2v) is 5.82. The Morgan fingerprint density at radius 1 is 1.04 bits per heavy atom. The first-order valence-corrected chi connectivity index (χ1v) is 8.32. The van der Waals surface area contributed by atoms with Crippen molar-refractivity contribution in [3.63, 3.8) is 0 Å². The first-order chi connectivity index (χ1) is 12.4. The molecule has 2 unspecified atom stereocenters. The van der Waals surface area contributed by atoms with E-state index in [4.69, 9.17) is 9.47 Å². The van der Waals surface area contributed by atoms with E-state index in [1.54, 1.807) is 56.3 Å². The maximum Gasteiger partial charge on any atom is 0.341 e. The van der Waals surface area contributed by atoms with E-state index < -0.39 is 18.5 Å². The van der Waals surface area contributed by atoms with Gasteiger partial charge in [0.25, 0.3) is 0 Å². The van der Waals surface area contributed by atoms with Gasteiger partial charge in [-0.2, -0.15) is 0 Å². The van der Waals surface area contributed by atoms with Crippen molar-refractivity contribution in [2.24, 2.45) is 0 Å². The monoisotopic (exact) mass is 354 g/mol. The van der Waals surface area contributed by atoms with Crippen molar-refractivity contribution in [3.05, 3.63) is 83.4 Å². The Hall–Kier alpha value is -2.76. The maximum absolute atomic E-state index is 12.7. The standard InChI is InChI=1S/C21H22O5/c1-4-18(25-20(23)14(2)3)26-21(24)17-13-9-8-12-16(17)19(22)15-10-6-5-7-11-15/h5-13,18,20,23H,2,4H2,1,3H3. The molecule has 1 N–H and O–H groups in total. The number of hydrogen-bond acceptors (Lipinski definition) is 5. The van der Waals surface area contributed by atoms with Gasteiger partial charge in [0.2, 0.25) is 6.29 Å². The number of aliphatic hydroxyl groups excluding tert-OH is 1. The Morgan fingerprint density at radius 2 is 1.62 bits per heavy atom. The Morgan fingerprint density at radius 3 is 2.19 bits per heavy atom. The predicted molar refractivity (Wildman–Crippen MR) is 97.7 cm³/mol. The Bertz CT molecular complexity index is 782. The summed E-state index contributed by atoms with van der Waals surface area (Å²) in [6.07, 6.45) is -1.84. The van der Waals surface area contributed by atoms with Crippen LogP contribution in [-0.2, 0) is 9.47 Å². The lowest BCUT2D eigenvalue weighted by Gasteiger charge is -2.21. The highest BCUT2D eigenvalue weighted by Gasteiger charge is 2.23. The van der Waals surface area contributed by atoms with E-state index in [1.807, 2.05) is 6.07 Å². The summed E-state index contributed by atoms with van der Waals surface area (Å²) in [5, 5.41) is 9.74. The zero-order valence-electron chi connectivity index (χ0n) is 14.8. The second kappa shape index (κ2) is 9.08. The van der Waals surface area contributed by atoms with Crippen molar-refractivity contribution in [1.29, 1.82) is 0 Å². The average molecular weight is 354 g/mol. The molecular formula is C21H22O5. The molecule has 0 saturated heterocycles. The minimum atomic E-state index is -1.23. The van der Waals surface area contributed by atoms with Crippen LogP contribution in [0.15, 0.2) is 66.7 Å². The molecule has 26 heavy (non-hydrogen) atoms. The van der Waals surface area contributed by atoms with E-state index in [1.165, 1.54) is 6.07 Å². The average Bonchev–Trinajstić information content (AvgIpc) is 2.67. The fourth-order valence-corrected chi connectivity index (χ4v) is 2.25. The lowest BCUT2D eigenvalue weighted by molar-refractivity contribution is -0.192. The largest absolute Gasteiger partial charge is 0.432 e. The fourth-order valence-electron chi connectivity index (χ4n) is 2.25. The molecule has 2 rings (SSSR count). The third-order valence-electron chi connectivity index (χ3n) is 3.70. The molecule has 0 aliphatic carbocycles. The minimum Gasteiger partial charge on any atom is -0.432 e. The van der Waals surface area contributed by atoms with Crippen LogP contribution in [0.3, 0.4) is 0 Å². The third kappa shape index (κ3) is 4.88. The molecule has 0 fully saturated rings. The molecule has 2 aromatic rings. The van der Waals surface area contributed by atoms with Crippen molar-refractivity contribution in [2.75, 3.05) is 0 Å². The maximum atomic E-state index is 12.7. The van der Waals surface area contributed by atoms with Crippen LogP contribution >= 0.6 is 0 Å². The summed E-state index contributed by atoms with van der Waals surface area (Å²) >= 11 is 0. The van der Waals surface area contributed by atoms with Crippen LogP contribution < -0.4 is 0 Å². The molecule has 0 saturated carbocycles. The van der Waals surface area contributed by atoms with E-state index in [9.17, 15) is 14.7 Å². The van der Waals surface area contributed by atoms with Crippen molar-refractivity contribution >= 4 is 11.8 Å². The minimum absolute atomic E-state index is 0.146. The van der Waals surface area contributed by atoms with Gasteiger partial charge in [0.15, 0.2) is 12.1 Å². The molecule has 0 amide bonds. The van der Waals surface area contributed by atoms with Crippen LogP contribution in [0.25, 0.3) is 0 Å². The van der Waals surface area contributed by atoms with Gasteiger partial charge in [-0.25, -0.2) is 4.79 Å². The van der Waals surface area contributed by atoms with E-state index in [2.05, 4.69) is 6.58 Å². The molecule has 0 aromatic heterocycles. The Kier molecular flexibility index (Phi) is 6.83. The van der Waals surface area contributed by atoms with E-state index in [0.29, 0.717) is 17.6 Å². The SMILES string of the molecule is C=C(C)C(O)OC(CC)OC(=O)c1ccccc1C(=O)c1ccccc1. The highest BCUT2D eigenvalue weighted by Crippen LogP contribution is 2.18. The van der Waals surface area contributed by atoms with Gasteiger partial charge < -0.3 is 14.6 Å². The molecule has 2 atom stereocenters. The van der Waals surface area contributed by atoms with Crippen molar-refractivity contribution in [3.8, 4) is 0 Å². The topological polar surface area (TPSA) is 72.8 Å². The number of carbonyl (C=O) groups excluding carboxylic acids is 2. The number of ether oxygens (including phenoxy) is 2. The molecule has 0 spiro atoms. The fraction of sp³-hybridized carbons (Fsp3) is 0.238. The predicted octanol–water partition coefficient (Wildman–Crippen LogP) is 3.72. The molecular weight excluding hydrogens is 332 g/mol. The summed E-state index contributed by atoms with van der Waals surface area (Å²) in [5.41, 5.74) is 1.28. The van der Waals surface area contributed by atoms with Crippen LogP contribution in [0.1, 0.15) is 46.5 Å². The Balaban J connectivity index is 2.21. The van der Waals surface area contributed by atoms with E-state index in [0.717, 1.165) is 0 Å². The van der Waals surface area contributed by atoms with E-state index in [-0.39, 0.29) is 16.9 Å². The molecule has 0 bridgehead atoms. The molecule has 136 valence electrons. The summed E-state index contributed by atoms with van der Waals surface area (Å²) in [5.74, 6) is -0.959. The van der Waals surface area contributed by atoms with E-state index >= 15 is 0 Å².